The standard InChI is InChI=1S/C18H16N4O2/c19-9-12-3-1-2-4-13(12)11-22-15-8-17-16(23-5-6-24-17)7-14(15)21-18(22)10-20/h1-4,7-8H,5-6,10-11,20H2. The fourth-order valence-electron chi connectivity index (χ4n) is 2.98. The van der Waals surface area contributed by atoms with Crippen LogP contribution < -0.4 is 15.2 Å². The Morgan fingerprint density at radius 3 is 2.67 bits per heavy atom. The second-order valence-corrected chi connectivity index (χ2v) is 5.57. The van der Waals surface area contributed by atoms with Crippen molar-refractivity contribution in [2.75, 3.05) is 13.2 Å². The van der Waals surface area contributed by atoms with Gasteiger partial charge < -0.3 is 19.8 Å². The highest BCUT2D eigenvalue weighted by Gasteiger charge is 2.18. The Hall–Kier alpha value is -3.04. The summed E-state index contributed by atoms with van der Waals surface area (Å²) in [7, 11) is 0. The molecule has 120 valence electrons. The second-order valence-electron chi connectivity index (χ2n) is 5.57. The molecule has 0 amide bonds. The Morgan fingerprint density at radius 1 is 1.17 bits per heavy atom. The van der Waals surface area contributed by atoms with E-state index < -0.39 is 0 Å². The summed E-state index contributed by atoms with van der Waals surface area (Å²) in [5, 5.41) is 9.31. The Balaban J connectivity index is 1.86. The van der Waals surface area contributed by atoms with Gasteiger partial charge in [-0.2, -0.15) is 5.26 Å². The third-order valence-electron chi connectivity index (χ3n) is 4.14. The van der Waals surface area contributed by atoms with E-state index >= 15 is 0 Å². The topological polar surface area (TPSA) is 86.1 Å². The van der Waals surface area contributed by atoms with Crippen LogP contribution in [0.15, 0.2) is 36.4 Å². The average molecular weight is 320 g/mol. The van der Waals surface area contributed by atoms with Crippen molar-refractivity contribution in [2.45, 2.75) is 13.1 Å². The van der Waals surface area contributed by atoms with Gasteiger partial charge in [-0.15, -0.1) is 0 Å². The highest BCUT2D eigenvalue weighted by molar-refractivity contribution is 5.81. The van der Waals surface area contributed by atoms with E-state index in [1.165, 1.54) is 0 Å². The summed E-state index contributed by atoms with van der Waals surface area (Å²) >= 11 is 0. The van der Waals surface area contributed by atoms with Crippen LogP contribution in [0.3, 0.4) is 0 Å². The minimum Gasteiger partial charge on any atom is -0.486 e. The normalized spacial score (nSPS) is 13.0. The number of hydrogen-bond acceptors (Lipinski definition) is 5. The number of nitrogens with two attached hydrogens (primary N) is 1. The zero-order chi connectivity index (χ0) is 16.5. The first-order valence-electron chi connectivity index (χ1n) is 7.77. The number of nitriles is 1. The molecule has 0 atom stereocenters. The lowest BCUT2D eigenvalue weighted by Gasteiger charge is -2.18. The van der Waals surface area contributed by atoms with Crippen LogP contribution in [-0.4, -0.2) is 22.8 Å². The summed E-state index contributed by atoms with van der Waals surface area (Å²) in [6, 6.07) is 13.6. The van der Waals surface area contributed by atoms with E-state index in [2.05, 4.69) is 11.1 Å². The quantitative estimate of drug-likeness (QED) is 0.799. The van der Waals surface area contributed by atoms with Crippen molar-refractivity contribution in [3.8, 4) is 17.6 Å². The molecule has 1 aromatic heterocycles. The fraction of sp³-hybridized carbons (Fsp3) is 0.222. The molecule has 6 heteroatoms. The number of benzene rings is 2. The van der Waals surface area contributed by atoms with Crippen molar-refractivity contribution in [3.05, 3.63) is 53.3 Å². The van der Waals surface area contributed by atoms with Crippen molar-refractivity contribution in [1.82, 2.24) is 9.55 Å². The Morgan fingerprint density at radius 2 is 1.92 bits per heavy atom. The molecule has 2 heterocycles. The van der Waals surface area contributed by atoms with Crippen LogP contribution >= 0.6 is 0 Å². The van der Waals surface area contributed by atoms with E-state index in [1.54, 1.807) is 0 Å². The summed E-state index contributed by atoms with van der Waals surface area (Å²) in [4.78, 5) is 4.61. The second kappa shape index (κ2) is 5.87. The molecule has 0 radical (unpaired) electrons. The Labute approximate surface area is 139 Å². The first kappa shape index (κ1) is 14.5. The molecule has 0 aliphatic carbocycles. The maximum Gasteiger partial charge on any atom is 0.163 e. The van der Waals surface area contributed by atoms with E-state index in [1.807, 2.05) is 41.0 Å². The van der Waals surface area contributed by atoms with Gasteiger partial charge in [0.1, 0.15) is 19.0 Å². The molecule has 24 heavy (non-hydrogen) atoms. The highest BCUT2D eigenvalue weighted by Crippen LogP contribution is 2.35. The lowest BCUT2D eigenvalue weighted by Crippen LogP contribution is -2.15. The van der Waals surface area contributed by atoms with Gasteiger partial charge in [-0.1, -0.05) is 18.2 Å². The molecular formula is C18H16N4O2. The monoisotopic (exact) mass is 320 g/mol. The summed E-state index contributed by atoms with van der Waals surface area (Å²) in [5.74, 6) is 2.19. The molecular weight excluding hydrogens is 304 g/mol. The summed E-state index contributed by atoms with van der Waals surface area (Å²) in [5.41, 5.74) is 9.21. The number of nitrogens with zero attached hydrogens (tertiary/aromatic N) is 3. The smallest absolute Gasteiger partial charge is 0.163 e. The van der Waals surface area contributed by atoms with E-state index in [-0.39, 0.29) is 0 Å². The van der Waals surface area contributed by atoms with Crippen LogP contribution in [0.1, 0.15) is 17.0 Å². The van der Waals surface area contributed by atoms with Crippen LogP contribution in [-0.2, 0) is 13.1 Å². The summed E-state index contributed by atoms with van der Waals surface area (Å²) < 4.78 is 13.3. The number of fused-ring (bicyclic) bond motifs is 2. The molecule has 2 N–H and O–H groups in total. The third-order valence-corrected chi connectivity index (χ3v) is 4.14. The molecule has 0 saturated heterocycles. The van der Waals surface area contributed by atoms with Gasteiger partial charge in [0.2, 0.25) is 0 Å². The average Bonchev–Trinajstić information content (AvgIpc) is 2.97. The zero-order valence-electron chi connectivity index (χ0n) is 13.0. The minimum absolute atomic E-state index is 0.315. The molecule has 2 aromatic carbocycles. The van der Waals surface area contributed by atoms with Crippen molar-refractivity contribution in [3.63, 3.8) is 0 Å². The van der Waals surface area contributed by atoms with Gasteiger partial charge in [0, 0.05) is 12.1 Å². The van der Waals surface area contributed by atoms with Gasteiger partial charge in [-0.25, -0.2) is 4.98 Å². The molecule has 3 aromatic rings. The van der Waals surface area contributed by atoms with Gasteiger partial charge in [0.25, 0.3) is 0 Å². The van der Waals surface area contributed by atoms with Crippen LogP contribution in [0.25, 0.3) is 11.0 Å². The van der Waals surface area contributed by atoms with Gasteiger partial charge in [-0.05, 0) is 11.6 Å². The third kappa shape index (κ3) is 2.36. The Bertz CT molecular complexity index is 956. The van der Waals surface area contributed by atoms with Gasteiger partial charge in [-0.3, -0.25) is 0 Å². The molecule has 1 aliphatic heterocycles. The number of hydrogen-bond donors (Lipinski definition) is 1. The zero-order valence-corrected chi connectivity index (χ0v) is 13.0. The lowest BCUT2D eigenvalue weighted by atomic mass is 10.1. The van der Waals surface area contributed by atoms with Crippen LogP contribution in [0, 0.1) is 11.3 Å². The molecule has 0 bridgehead atoms. The molecule has 0 unspecified atom stereocenters. The maximum atomic E-state index is 9.31. The first-order chi connectivity index (χ1) is 11.8. The number of aromatic nitrogens is 2. The maximum absolute atomic E-state index is 9.31. The van der Waals surface area contributed by atoms with Gasteiger partial charge in [0.15, 0.2) is 11.5 Å². The predicted octanol–water partition coefficient (Wildman–Crippen LogP) is 2.19. The number of imidazole rings is 1. The summed E-state index contributed by atoms with van der Waals surface area (Å²) in [6.45, 7) is 1.92. The molecule has 6 nitrogen and oxygen atoms in total. The van der Waals surface area contributed by atoms with Crippen molar-refractivity contribution in [1.29, 1.82) is 5.26 Å². The van der Waals surface area contributed by atoms with Crippen molar-refractivity contribution in [2.24, 2.45) is 5.73 Å². The van der Waals surface area contributed by atoms with E-state index in [9.17, 15) is 5.26 Å². The molecule has 0 fully saturated rings. The molecule has 0 spiro atoms. The predicted molar refractivity (Wildman–Crippen MR) is 88.9 cm³/mol. The Kier molecular flexibility index (Phi) is 3.56. The van der Waals surface area contributed by atoms with Gasteiger partial charge >= 0.3 is 0 Å². The number of ether oxygens (including phenoxy) is 2. The minimum atomic E-state index is 0.315. The largest absolute Gasteiger partial charge is 0.486 e. The molecule has 1 aliphatic rings. The SMILES string of the molecule is N#Cc1ccccc1Cn1c(CN)nc2cc3c(cc21)OCCO3. The lowest BCUT2D eigenvalue weighted by molar-refractivity contribution is 0.172. The van der Waals surface area contributed by atoms with E-state index in [0.717, 1.165) is 22.4 Å². The molecule has 4 rings (SSSR count). The van der Waals surface area contributed by atoms with Gasteiger partial charge in [0.05, 0.1) is 35.8 Å². The van der Waals surface area contributed by atoms with Crippen LogP contribution in [0.2, 0.25) is 0 Å². The van der Waals surface area contributed by atoms with Crippen molar-refractivity contribution >= 4 is 11.0 Å². The van der Waals surface area contributed by atoms with E-state index in [0.29, 0.717) is 43.4 Å². The molecule has 0 saturated carbocycles. The number of rotatable bonds is 3. The van der Waals surface area contributed by atoms with E-state index in [4.69, 9.17) is 15.2 Å². The van der Waals surface area contributed by atoms with Crippen LogP contribution in [0.5, 0.6) is 11.5 Å². The summed E-state index contributed by atoms with van der Waals surface area (Å²) in [6.07, 6.45) is 0. The first-order valence-corrected chi connectivity index (χ1v) is 7.77. The fourth-order valence-corrected chi connectivity index (χ4v) is 2.98. The van der Waals surface area contributed by atoms with Crippen molar-refractivity contribution < 1.29 is 9.47 Å². The van der Waals surface area contributed by atoms with Crippen LogP contribution in [0.4, 0.5) is 0 Å². The highest BCUT2D eigenvalue weighted by atomic mass is 16.6.